The van der Waals surface area contributed by atoms with Crippen molar-refractivity contribution >= 4 is 15.9 Å². The molecular formula is C25H31FN2O3S. The van der Waals surface area contributed by atoms with Crippen LogP contribution in [0, 0.1) is 0 Å². The number of carbonyl (C=O) groups is 1. The minimum absolute atomic E-state index is 0.0203. The van der Waals surface area contributed by atoms with Crippen LogP contribution in [0.1, 0.15) is 61.5 Å². The zero-order valence-corrected chi connectivity index (χ0v) is 19.5. The van der Waals surface area contributed by atoms with Crippen molar-refractivity contribution in [1.82, 2.24) is 9.21 Å². The lowest BCUT2D eigenvalue weighted by atomic mass is 9.86. The van der Waals surface area contributed by atoms with E-state index in [0.717, 1.165) is 17.5 Å². The molecule has 4 rings (SSSR count). The number of sulfonamides is 1. The molecule has 0 spiro atoms. The fraction of sp³-hybridized carbons (Fsp3) is 0.480. The Morgan fingerprint density at radius 1 is 1.03 bits per heavy atom. The normalized spacial score (nSPS) is 25.4. The molecule has 0 saturated carbocycles. The van der Waals surface area contributed by atoms with Crippen LogP contribution in [0.25, 0.3) is 0 Å². The Kier molecular flexibility index (Phi) is 6.41. The van der Waals surface area contributed by atoms with E-state index in [1.54, 1.807) is 21.3 Å². The number of carbonyl (C=O) groups excluding carboxylic acids is 1. The Balaban J connectivity index is 1.49. The zero-order chi connectivity index (χ0) is 22.9. The van der Waals surface area contributed by atoms with Gasteiger partial charge in [-0.3, -0.25) is 4.79 Å². The SMILES string of the molecule is CC(=O)N1CCC(F)(c2ccc(CN3[C@@H](C)CC[C@H](c4ccccc4)S3(=O)=O)cc2)CC1. The van der Waals surface area contributed by atoms with Crippen LogP contribution in [0.2, 0.25) is 0 Å². The fourth-order valence-electron chi connectivity index (χ4n) is 4.91. The average molecular weight is 459 g/mol. The summed E-state index contributed by atoms with van der Waals surface area (Å²) in [5.74, 6) is -0.0203. The summed E-state index contributed by atoms with van der Waals surface area (Å²) in [7, 11) is -3.50. The van der Waals surface area contributed by atoms with Crippen molar-refractivity contribution in [2.24, 2.45) is 0 Å². The van der Waals surface area contributed by atoms with Gasteiger partial charge < -0.3 is 4.90 Å². The Hall–Kier alpha value is -2.25. The largest absolute Gasteiger partial charge is 0.343 e. The average Bonchev–Trinajstić information content (AvgIpc) is 2.78. The molecule has 0 N–H and O–H groups in total. The Morgan fingerprint density at radius 2 is 1.66 bits per heavy atom. The molecule has 0 radical (unpaired) electrons. The number of benzene rings is 2. The fourth-order valence-corrected chi connectivity index (χ4v) is 7.10. The minimum Gasteiger partial charge on any atom is -0.343 e. The molecule has 2 aliphatic rings. The van der Waals surface area contributed by atoms with Crippen molar-refractivity contribution < 1.29 is 17.6 Å². The zero-order valence-electron chi connectivity index (χ0n) is 18.7. The lowest BCUT2D eigenvalue weighted by Gasteiger charge is -2.38. The molecule has 5 nitrogen and oxygen atoms in total. The summed E-state index contributed by atoms with van der Waals surface area (Å²) in [4.78, 5) is 13.2. The number of hydrogen-bond acceptors (Lipinski definition) is 3. The monoisotopic (exact) mass is 458 g/mol. The van der Waals surface area contributed by atoms with Gasteiger partial charge in [-0.2, -0.15) is 4.31 Å². The van der Waals surface area contributed by atoms with Crippen LogP contribution in [0.5, 0.6) is 0 Å². The quantitative estimate of drug-likeness (QED) is 0.675. The predicted octanol–water partition coefficient (Wildman–Crippen LogP) is 4.55. The van der Waals surface area contributed by atoms with E-state index < -0.39 is 20.9 Å². The highest BCUT2D eigenvalue weighted by atomic mass is 32.2. The first-order valence-corrected chi connectivity index (χ1v) is 12.8. The van der Waals surface area contributed by atoms with Gasteiger partial charge in [0.2, 0.25) is 15.9 Å². The summed E-state index contributed by atoms with van der Waals surface area (Å²) in [5.41, 5.74) is 0.827. The number of alkyl halides is 1. The van der Waals surface area contributed by atoms with Gasteiger partial charge in [-0.15, -0.1) is 0 Å². The lowest BCUT2D eigenvalue weighted by molar-refractivity contribution is -0.131. The van der Waals surface area contributed by atoms with Crippen LogP contribution in [0.15, 0.2) is 54.6 Å². The van der Waals surface area contributed by atoms with Crippen LogP contribution < -0.4 is 0 Å². The van der Waals surface area contributed by atoms with E-state index in [2.05, 4.69) is 0 Å². The first-order chi connectivity index (χ1) is 15.2. The van der Waals surface area contributed by atoms with E-state index in [0.29, 0.717) is 25.1 Å². The van der Waals surface area contributed by atoms with Gasteiger partial charge in [-0.1, -0.05) is 54.6 Å². The van der Waals surface area contributed by atoms with E-state index >= 15 is 4.39 Å². The van der Waals surface area contributed by atoms with Gasteiger partial charge in [0.15, 0.2) is 0 Å². The molecule has 2 aliphatic heterocycles. The summed E-state index contributed by atoms with van der Waals surface area (Å²) in [6.45, 7) is 4.57. The van der Waals surface area contributed by atoms with Crippen LogP contribution >= 0.6 is 0 Å². The summed E-state index contributed by atoms with van der Waals surface area (Å²) < 4.78 is 43.9. The summed E-state index contributed by atoms with van der Waals surface area (Å²) >= 11 is 0. The standard InChI is InChI=1S/C25H31FN2O3S/c1-19-8-13-24(22-6-4-3-5-7-22)32(30,31)28(19)18-21-9-11-23(12-10-21)25(26)14-16-27(17-15-25)20(2)29/h3-7,9-12,19,24H,8,13-18H2,1-2H3/t19-,24+/m0/s1. The summed E-state index contributed by atoms with van der Waals surface area (Å²) in [6, 6.07) is 16.5. The van der Waals surface area contributed by atoms with Crippen LogP contribution in [-0.4, -0.2) is 42.7 Å². The topological polar surface area (TPSA) is 57.7 Å². The molecule has 0 bridgehead atoms. The Bertz CT molecular complexity index is 1050. The van der Waals surface area contributed by atoms with Gasteiger partial charge in [0.05, 0.1) is 0 Å². The number of rotatable bonds is 4. The van der Waals surface area contributed by atoms with E-state index in [4.69, 9.17) is 0 Å². The van der Waals surface area contributed by atoms with Crippen molar-refractivity contribution in [3.63, 3.8) is 0 Å². The Labute approximate surface area is 190 Å². The number of amides is 1. The molecule has 2 saturated heterocycles. The van der Waals surface area contributed by atoms with E-state index in [-0.39, 0.29) is 31.3 Å². The molecule has 0 aliphatic carbocycles. The maximum absolute atomic E-state index is 15.5. The molecule has 0 aromatic heterocycles. The van der Waals surface area contributed by atoms with Gasteiger partial charge in [0.1, 0.15) is 10.9 Å². The summed E-state index contributed by atoms with van der Waals surface area (Å²) in [5, 5.41) is -0.528. The first kappa shape index (κ1) is 22.9. The highest BCUT2D eigenvalue weighted by molar-refractivity contribution is 7.89. The first-order valence-electron chi connectivity index (χ1n) is 11.3. The number of hydrogen-bond donors (Lipinski definition) is 0. The van der Waals surface area contributed by atoms with Crippen molar-refractivity contribution in [3.05, 3.63) is 71.3 Å². The van der Waals surface area contributed by atoms with Crippen molar-refractivity contribution in [1.29, 1.82) is 0 Å². The second kappa shape index (κ2) is 8.94. The lowest BCUT2D eigenvalue weighted by Crippen LogP contribution is -2.44. The van der Waals surface area contributed by atoms with Crippen molar-refractivity contribution in [3.8, 4) is 0 Å². The highest BCUT2D eigenvalue weighted by Gasteiger charge is 2.41. The summed E-state index contributed by atoms with van der Waals surface area (Å²) in [6.07, 6.45) is 1.98. The van der Waals surface area contributed by atoms with Crippen LogP contribution in [-0.2, 0) is 27.0 Å². The molecule has 2 heterocycles. The number of nitrogens with zero attached hydrogens (tertiary/aromatic N) is 2. The molecule has 32 heavy (non-hydrogen) atoms. The van der Waals surface area contributed by atoms with Crippen molar-refractivity contribution in [2.45, 2.75) is 63.0 Å². The maximum Gasteiger partial charge on any atom is 0.221 e. The molecule has 2 aromatic rings. The van der Waals surface area contributed by atoms with Gasteiger partial charge in [0, 0.05) is 45.4 Å². The molecule has 1 amide bonds. The minimum atomic E-state index is -3.50. The smallest absolute Gasteiger partial charge is 0.221 e. The van der Waals surface area contributed by atoms with Crippen LogP contribution in [0.4, 0.5) is 4.39 Å². The van der Waals surface area contributed by atoms with Gasteiger partial charge in [0.25, 0.3) is 0 Å². The van der Waals surface area contributed by atoms with E-state index in [1.807, 2.05) is 49.4 Å². The van der Waals surface area contributed by atoms with Crippen LogP contribution in [0.3, 0.4) is 0 Å². The van der Waals surface area contributed by atoms with Crippen molar-refractivity contribution in [2.75, 3.05) is 13.1 Å². The molecule has 2 atom stereocenters. The predicted molar refractivity (Wildman–Crippen MR) is 123 cm³/mol. The number of piperidine rings is 1. The number of halogens is 1. The molecule has 0 unspecified atom stereocenters. The molecule has 172 valence electrons. The third-order valence-electron chi connectivity index (χ3n) is 7.01. The number of likely N-dealkylation sites (tertiary alicyclic amines) is 1. The van der Waals surface area contributed by atoms with Gasteiger partial charge in [-0.05, 0) is 36.5 Å². The van der Waals surface area contributed by atoms with E-state index in [9.17, 15) is 13.2 Å². The Morgan fingerprint density at radius 3 is 2.25 bits per heavy atom. The second-order valence-electron chi connectivity index (χ2n) is 9.08. The van der Waals surface area contributed by atoms with Gasteiger partial charge in [-0.25, -0.2) is 12.8 Å². The third kappa shape index (κ3) is 4.46. The molecule has 7 heteroatoms. The third-order valence-corrected chi connectivity index (χ3v) is 9.38. The second-order valence-corrected chi connectivity index (χ2v) is 11.2. The molecule has 2 aromatic carbocycles. The molecular weight excluding hydrogens is 427 g/mol. The maximum atomic E-state index is 15.5. The highest BCUT2D eigenvalue weighted by Crippen LogP contribution is 2.39. The molecule has 2 fully saturated rings. The van der Waals surface area contributed by atoms with Gasteiger partial charge >= 0.3 is 0 Å². The van der Waals surface area contributed by atoms with E-state index in [1.165, 1.54) is 6.92 Å².